The molecule has 1 aromatic heterocycles. The summed E-state index contributed by atoms with van der Waals surface area (Å²) in [5.74, 6) is -2.71. The number of halogens is 2. The van der Waals surface area contributed by atoms with Crippen LogP contribution in [0.2, 0.25) is 0 Å². The summed E-state index contributed by atoms with van der Waals surface area (Å²) in [7, 11) is 0. The summed E-state index contributed by atoms with van der Waals surface area (Å²) < 4.78 is 32.7. The van der Waals surface area contributed by atoms with Crippen molar-refractivity contribution in [1.29, 1.82) is 0 Å². The number of hydrogen-bond donors (Lipinski definition) is 0. The highest BCUT2D eigenvalue weighted by Gasteiger charge is 2.21. The van der Waals surface area contributed by atoms with Gasteiger partial charge in [-0.3, -0.25) is 4.79 Å². The van der Waals surface area contributed by atoms with Crippen molar-refractivity contribution >= 4 is 16.8 Å². The van der Waals surface area contributed by atoms with Gasteiger partial charge in [0.25, 0.3) is 0 Å². The second-order valence-electron chi connectivity index (χ2n) is 4.53. The first-order valence-electron chi connectivity index (χ1n) is 6.05. The van der Waals surface area contributed by atoms with Crippen LogP contribution in [0.1, 0.15) is 21.5 Å². The lowest BCUT2D eigenvalue weighted by Crippen LogP contribution is -2.06. The first-order valence-corrected chi connectivity index (χ1v) is 6.05. The predicted molar refractivity (Wildman–Crippen MR) is 70.7 cm³/mol. The van der Waals surface area contributed by atoms with E-state index in [-0.39, 0.29) is 16.7 Å². The minimum atomic E-state index is -1.12. The topological polar surface area (TPSA) is 30.2 Å². The third-order valence-electron chi connectivity index (χ3n) is 3.25. The summed E-state index contributed by atoms with van der Waals surface area (Å²) in [5, 5.41) is 0.581. The van der Waals surface area contributed by atoms with Gasteiger partial charge in [0.1, 0.15) is 11.8 Å². The first kappa shape index (κ1) is 12.5. The summed E-state index contributed by atoms with van der Waals surface area (Å²) in [6.45, 7) is 1.44. The van der Waals surface area contributed by atoms with Gasteiger partial charge in [-0.05, 0) is 24.6 Å². The van der Waals surface area contributed by atoms with E-state index in [9.17, 15) is 13.6 Å². The van der Waals surface area contributed by atoms with Gasteiger partial charge in [0.2, 0.25) is 0 Å². The predicted octanol–water partition coefficient (Wildman–Crippen LogP) is 4.25. The van der Waals surface area contributed by atoms with Gasteiger partial charge in [0.05, 0.1) is 11.1 Å². The molecule has 1 heterocycles. The van der Waals surface area contributed by atoms with Crippen LogP contribution in [0.25, 0.3) is 11.0 Å². The molecule has 0 aliphatic heterocycles. The van der Waals surface area contributed by atoms with Gasteiger partial charge in [0.15, 0.2) is 17.4 Å². The van der Waals surface area contributed by atoms with E-state index in [0.717, 1.165) is 0 Å². The number of ketones is 1. The van der Waals surface area contributed by atoms with Crippen LogP contribution in [0.5, 0.6) is 0 Å². The second-order valence-corrected chi connectivity index (χ2v) is 4.53. The lowest BCUT2D eigenvalue weighted by atomic mass is 10.0. The van der Waals surface area contributed by atoms with Crippen LogP contribution < -0.4 is 0 Å². The first-order chi connectivity index (χ1) is 9.59. The molecule has 4 heteroatoms. The highest BCUT2D eigenvalue weighted by atomic mass is 19.2. The standard InChI is InChI=1S/C16H10F2O2/c1-9-6-7-11(15(18)14(9)17)16(19)12-8-20-13-5-3-2-4-10(12)13/h2-8H,1H3. The van der Waals surface area contributed by atoms with Crippen molar-refractivity contribution in [3.8, 4) is 0 Å². The molecule has 2 nitrogen and oxygen atoms in total. The van der Waals surface area contributed by atoms with Crippen LogP contribution in [-0.2, 0) is 0 Å². The Balaban J connectivity index is 2.16. The Bertz CT molecular complexity index is 818. The molecule has 0 fully saturated rings. The summed E-state index contributed by atoms with van der Waals surface area (Å²) in [4.78, 5) is 12.3. The Morgan fingerprint density at radius 3 is 2.55 bits per heavy atom. The lowest BCUT2D eigenvalue weighted by molar-refractivity contribution is 0.103. The van der Waals surface area contributed by atoms with E-state index in [2.05, 4.69) is 0 Å². The van der Waals surface area contributed by atoms with Gasteiger partial charge in [0, 0.05) is 5.39 Å². The maximum Gasteiger partial charge on any atom is 0.199 e. The Morgan fingerprint density at radius 1 is 1.00 bits per heavy atom. The molecule has 0 spiro atoms. The number of furan rings is 1. The van der Waals surface area contributed by atoms with Gasteiger partial charge in [-0.1, -0.05) is 24.3 Å². The fourth-order valence-corrected chi connectivity index (χ4v) is 2.12. The molecule has 0 bridgehead atoms. The quantitative estimate of drug-likeness (QED) is 0.653. The molecule has 3 rings (SSSR count). The molecular formula is C16H10F2O2. The second kappa shape index (κ2) is 4.56. The monoisotopic (exact) mass is 272 g/mol. The van der Waals surface area contributed by atoms with Gasteiger partial charge in [-0.2, -0.15) is 0 Å². The van der Waals surface area contributed by atoms with Crippen LogP contribution in [-0.4, -0.2) is 5.78 Å². The highest BCUT2D eigenvalue weighted by Crippen LogP contribution is 2.25. The SMILES string of the molecule is Cc1ccc(C(=O)c2coc3ccccc23)c(F)c1F. The average molecular weight is 272 g/mol. The minimum Gasteiger partial charge on any atom is -0.464 e. The molecule has 0 unspecified atom stereocenters. The van der Waals surface area contributed by atoms with Gasteiger partial charge in [-0.15, -0.1) is 0 Å². The normalized spacial score (nSPS) is 10.9. The molecule has 0 saturated heterocycles. The number of benzene rings is 2. The molecule has 0 radical (unpaired) electrons. The zero-order valence-corrected chi connectivity index (χ0v) is 10.6. The zero-order valence-electron chi connectivity index (χ0n) is 10.6. The van der Waals surface area contributed by atoms with Gasteiger partial charge >= 0.3 is 0 Å². The van der Waals surface area contributed by atoms with Crippen molar-refractivity contribution < 1.29 is 18.0 Å². The van der Waals surface area contributed by atoms with Crippen LogP contribution in [0.4, 0.5) is 8.78 Å². The summed E-state index contributed by atoms with van der Waals surface area (Å²) in [6.07, 6.45) is 1.27. The third kappa shape index (κ3) is 1.81. The number of fused-ring (bicyclic) bond motifs is 1. The number of para-hydroxylation sites is 1. The van der Waals surface area contributed by atoms with E-state index in [1.54, 1.807) is 24.3 Å². The minimum absolute atomic E-state index is 0.163. The molecule has 0 N–H and O–H groups in total. The molecule has 0 amide bonds. The molecule has 0 aliphatic carbocycles. The van der Waals surface area contributed by atoms with Gasteiger partial charge in [-0.25, -0.2) is 8.78 Å². The number of carbonyl (C=O) groups excluding carboxylic acids is 1. The molecular weight excluding hydrogens is 262 g/mol. The smallest absolute Gasteiger partial charge is 0.199 e. The van der Waals surface area contributed by atoms with Crippen molar-refractivity contribution in [2.45, 2.75) is 6.92 Å². The van der Waals surface area contributed by atoms with E-state index >= 15 is 0 Å². The molecule has 20 heavy (non-hydrogen) atoms. The summed E-state index contributed by atoms with van der Waals surface area (Å²) >= 11 is 0. The Kier molecular flexibility index (Phi) is 2.86. The van der Waals surface area contributed by atoms with E-state index in [4.69, 9.17) is 4.42 Å². The third-order valence-corrected chi connectivity index (χ3v) is 3.25. The summed E-state index contributed by atoms with van der Waals surface area (Å²) in [5.41, 5.74) is 0.627. The summed E-state index contributed by atoms with van der Waals surface area (Å²) in [6, 6.07) is 9.60. The van der Waals surface area contributed by atoms with E-state index < -0.39 is 17.4 Å². The molecule has 0 saturated carbocycles. The molecule has 2 aromatic carbocycles. The molecule has 3 aromatic rings. The Labute approximate surface area is 113 Å². The van der Waals surface area contributed by atoms with E-state index in [1.165, 1.54) is 25.3 Å². The highest BCUT2D eigenvalue weighted by molar-refractivity contribution is 6.16. The number of hydrogen-bond acceptors (Lipinski definition) is 2. The number of rotatable bonds is 2. The fraction of sp³-hybridized carbons (Fsp3) is 0.0625. The van der Waals surface area contributed by atoms with Crippen molar-refractivity contribution in [2.24, 2.45) is 0 Å². The number of carbonyl (C=O) groups is 1. The zero-order chi connectivity index (χ0) is 14.3. The number of aryl methyl sites for hydroxylation is 1. The molecule has 100 valence electrons. The van der Waals surface area contributed by atoms with Crippen molar-refractivity contribution in [2.75, 3.05) is 0 Å². The fourth-order valence-electron chi connectivity index (χ4n) is 2.12. The Morgan fingerprint density at radius 2 is 1.75 bits per heavy atom. The maximum absolute atomic E-state index is 13.9. The van der Waals surface area contributed by atoms with E-state index in [1.807, 2.05) is 0 Å². The van der Waals surface area contributed by atoms with Crippen molar-refractivity contribution in [3.63, 3.8) is 0 Å². The van der Waals surface area contributed by atoms with Crippen LogP contribution >= 0.6 is 0 Å². The van der Waals surface area contributed by atoms with Crippen molar-refractivity contribution in [1.82, 2.24) is 0 Å². The van der Waals surface area contributed by atoms with Crippen LogP contribution in [0, 0.1) is 18.6 Å². The average Bonchev–Trinajstić information content (AvgIpc) is 2.88. The van der Waals surface area contributed by atoms with E-state index in [0.29, 0.717) is 11.0 Å². The Hall–Kier alpha value is -2.49. The maximum atomic E-state index is 13.9. The van der Waals surface area contributed by atoms with Crippen LogP contribution in [0.15, 0.2) is 47.1 Å². The largest absolute Gasteiger partial charge is 0.464 e. The lowest BCUT2D eigenvalue weighted by Gasteiger charge is -2.04. The molecule has 0 atom stereocenters. The molecule has 0 aliphatic rings. The van der Waals surface area contributed by atoms with Gasteiger partial charge < -0.3 is 4.42 Å². The van der Waals surface area contributed by atoms with Crippen molar-refractivity contribution in [3.05, 3.63) is 71.0 Å². The van der Waals surface area contributed by atoms with Crippen LogP contribution in [0.3, 0.4) is 0 Å².